The summed E-state index contributed by atoms with van der Waals surface area (Å²) in [6, 6.07) is 0. The smallest absolute Gasteiger partial charge is 0.305 e. The van der Waals surface area contributed by atoms with E-state index in [2.05, 4.69) is 13.8 Å². The van der Waals surface area contributed by atoms with Gasteiger partial charge in [-0.2, -0.15) is 0 Å². The van der Waals surface area contributed by atoms with E-state index in [1.807, 2.05) is 6.08 Å². The average Bonchev–Trinajstić information content (AvgIpc) is 2.92. The molecule has 4 rings (SSSR count). The number of fused-ring (bicyclic) bond motifs is 5. The largest absolute Gasteiger partial charge is 0.481 e. The van der Waals surface area contributed by atoms with Gasteiger partial charge in [-0.15, -0.1) is 0 Å². The lowest BCUT2D eigenvalue weighted by Gasteiger charge is -2.58. The molecule has 0 aromatic carbocycles. The highest BCUT2D eigenvalue weighted by atomic mass is 16.5. The number of aliphatic carboxylic acids is 1. The van der Waals surface area contributed by atoms with Crippen LogP contribution in [0.1, 0.15) is 71.6 Å². The molecule has 0 heterocycles. The first-order chi connectivity index (χ1) is 12.3. The van der Waals surface area contributed by atoms with Crippen molar-refractivity contribution in [2.24, 2.45) is 28.6 Å². The Morgan fingerprint density at radius 3 is 2.73 bits per heavy atom. The van der Waals surface area contributed by atoms with Crippen LogP contribution in [-0.2, 0) is 14.3 Å². The molecule has 1 N–H and O–H groups in total. The Morgan fingerprint density at radius 1 is 1.15 bits per heavy atom. The normalized spacial score (nSPS) is 44.7. The lowest BCUT2D eigenvalue weighted by atomic mass is 9.47. The molecule has 0 saturated heterocycles. The molecule has 3 saturated carbocycles. The van der Waals surface area contributed by atoms with Gasteiger partial charge < -0.3 is 9.84 Å². The van der Waals surface area contributed by atoms with Gasteiger partial charge in [-0.3, -0.25) is 9.59 Å². The lowest BCUT2D eigenvalue weighted by Crippen LogP contribution is -2.51. The average molecular weight is 360 g/mol. The molecule has 3 fully saturated rings. The van der Waals surface area contributed by atoms with E-state index in [1.54, 1.807) is 0 Å². The predicted octanol–water partition coefficient (Wildman–Crippen LogP) is 4.38. The number of ether oxygens (including phenoxy) is 1. The van der Waals surface area contributed by atoms with Crippen molar-refractivity contribution in [2.45, 2.75) is 77.7 Å². The molecule has 4 aliphatic carbocycles. The number of carbonyl (C=O) groups is 2. The van der Waals surface area contributed by atoms with Crippen LogP contribution in [0.4, 0.5) is 0 Å². The van der Waals surface area contributed by atoms with Crippen molar-refractivity contribution in [3.05, 3.63) is 11.6 Å². The van der Waals surface area contributed by atoms with Gasteiger partial charge >= 0.3 is 5.97 Å². The van der Waals surface area contributed by atoms with E-state index in [0.29, 0.717) is 30.6 Å². The quantitative estimate of drug-likeness (QED) is 0.808. The summed E-state index contributed by atoms with van der Waals surface area (Å²) < 4.78 is 6.07. The van der Waals surface area contributed by atoms with Crippen molar-refractivity contribution >= 4 is 11.8 Å². The monoisotopic (exact) mass is 360 g/mol. The van der Waals surface area contributed by atoms with Gasteiger partial charge in [0.1, 0.15) is 0 Å². The van der Waals surface area contributed by atoms with Crippen molar-refractivity contribution < 1.29 is 19.4 Å². The molecule has 26 heavy (non-hydrogen) atoms. The molecule has 6 atom stereocenters. The van der Waals surface area contributed by atoms with Crippen LogP contribution in [0, 0.1) is 28.6 Å². The molecule has 0 aromatic rings. The van der Waals surface area contributed by atoms with E-state index in [-0.39, 0.29) is 23.4 Å². The third-order valence-corrected chi connectivity index (χ3v) is 8.51. The lowest BCUT2D eigenvalue weighted by molar-refractivity contribution is -0.140. The zero-order chi connectivity index (χ0) is 18.5. The number of carboxylic acid groups (broad SMARTS) is 1. The zero-order valence-electron chi connectivity index (χ0n) is 16.1. The van der Waals surface area contributed by atoms with Crippen LogP contribution in [0.25, 0.3) is 0 Å². The Balaban J connectivity index is 1.52. The minimum Gasteiger partial charge on any atom is -0.481 e. The van der Waals surface area contributed by atoms with Crippen LogP contribution >= 0.6 is 0 Å². The topological polar surface area (TPSA) is 63.6 Å². The number of carboxylic acids is 1. The van der Waals surface area contributed by atoms with Crippen molar-refractivity contribution in [3.8, 4) is 0 Å². The molecule has 0 radical (unpaired) electrons. The molecule has 144 valence electrons. The van der Waals surface area contributed by atoms with Crippen LogP contribution in [0.15, 0.2) is 11.6 Å². The number of hydrogen-bond acceptors (Lipinski definition) is 3. The maximum atomic E-state index is 11.9. The van der Waals surface area contributed by atoms with Gasteiger partial charge in [-0.05, 0) is 79.6 Å². The van der Waals surface area contributed by atoms with Crippen LogP contribution in [-0.4, -0.2) is 29.6 Å². The van der Waals surface area contributed by atoms with Gasteiger partial charge in [0.2, 0.25) is 0 Å². The fourth-order valence-corrected chi connectivity index (χ4v) is 7.07. The fraction of sp³-hybridized carbons (Fsp3) is 0.818. The highest BCUT2D eigenvalue weighted by Crippen LogP contribution is 2.65. The number of rotatable bonds is 4. The highest BCUT2D eigenvalue weighted by molar-refractivity contribution is 5.91. The van der Waals surface area contributed by atoms with Gasteiger partial charge in [0.25, 0.3) is 0 Å². The summed E-state index contributed by atoms with van der Waals surface area (Å²) in [6.45, 7) is 5.15. The van der Waals surface area contributed by atoms with Gasteiger partial charge in [0.05, 0.1) is 19.1 Å². The first-order valence-electron chi connectivity index (χ1n) is 10.4. The maximum Gasteiger partial charge on any atom is 0.305 e. The first kappa shape index (κ1) is 18.2. The Hall–Kier alpha value is -1.16. The van der Waals surface area contributed by atoms with Crippen molar-refractivity contribution in [2.75, 3.05) is 6.61 Å². The van der Waals surface area contributed by atoms with Crippen LogP contribution < -0.4 is 0 Å². The molecule has 4 aliphatic rings. The molecule has 4 heteroatoms. The van der Waals surface area contributed by atoms with E-state index in [4.69, 9.17) is 9.84 Å². The second kappa shape index (κ2) is 6.47. The van der Waals surface area contributed by atoms with E-state index in [0.717, 1.165) is 25.2 Å². The van der Waals surface area contributed by atoms with Gasteiger partial charge in [-0.1, -0.05) is 19.4 Å². The minimum absolute atomic E-state index is 0.101. The summed E-state index contributed by atoms with van der Waals surface area (Å²) in [5.41, 5.74) is 1.84. The van der Waals surface area contributed by atoms with Gasteiger partial charge in [0.15, 0.2) is 5.78 Å². The molecular formula is C22H32O4. The maximum absolute atomic E-state index is 11.9. The SMILES string of the molecule is C[C@]12CC[C@H]3[C@@H](CCC4=CC(=O)CC[C@@]43C)[C@@H]1CC[C@@H]2OCCC(=O)O. The summed E-state index contributed by atoms with van der Waals surface area (Å²) in [5.74, 6) is 1.67. The number of hydrogen-bond donors (Lipinski definition) is 1. The van der Waals surface area contributed by atoms with Crippen LogP contribution in [0.5, 0.6) is 0 Å². The highest BCUT2D eigenvalue weighted by Gasteiger charge is 2.59. The van der Waals surface area contributed by atoms with Crippen molar-refractivity contribution in [1.29, 1.82) is 0 Å². The van der Waals surface area contributed by atoms with E-state index in [1.165, 1.54) is 31.3 Å². The van der Waals surface area contributed by atoms with Crippen molar-refractivity contribution in [3.63, 3.8) is 0 Å². The second-order valence-corrected chi connectivity index (χ2v) is 9.59. The van der Waals surface area contributed by atoms with Crippen molar-refractivity contribution in [1.82, 2.24) is 0 Å². The Kier molecular flexibility index (Phi) is 4.53. The Morgan fingerprint density at radius 2 is 1.96 bits per heavy atom. The number of carbonyl (C=O) groups excluding carboxylic acids is 1. The van der Waals surface area contributed by atoms with E-state index in [9.17, 15) is 9.59 Å². The molecule has 0 spiro atoms. The van der Waals surface area contributed by atoms with Crippen LogP contribution in [0.2, 0.25) is 0 Å². The van der Waals surface area contributed by atoms with Gasteiger partial charge in [0, 0.05) is 6.42 Å². The van der Waals surface area contributed by atoms with Gasteiger partial charge in [-0.25, -0.2) is 0 Å². The molecule has 0 amide bonds. The Labute approximate surface area is 156 Å². The summed E-state index contributed by atoms with van der Waals surface area (Å²) in [4.78, 5) is 22.7. The van der Waals surface area contributed by atoms with E-state index >= 15 is 0 Å². The number of ketones is 1. The summed E-state index contributed by atoms with van der Waals surface area (Å²) in [5, 5.41) is 8.89. The third kappa shape index (κ3) is 2.76. The molecule has 0 aliphatic heterocycles. The Bertz CT molecular complexity index is 638. The third-order valence-electron chi connectivity index (χ3n) is 8.51. The summed E-state index contributed by atoms with van der Waals surface area (Å²) in [6.07, 6.45) is 11.0. The zero-order valence-corrected chi connectivity index (χ0v) is 16.1. The fourth-order valence-electron chi connectivity index (χ4n) is 7.07. The van der Waals surface area contributed by atoms with Crippen LogP contribution in [0.3, 0.4) is 0 Å². The second-order valence-electron chi connectivity index (χ2n) is 9.59. The summed E-state index contributed by atoms with van der Waals surface area (Å²) >= 11 is 0. The van der Waals surface area contributed by atoms with E-state index < -0.39 is 5.97 Å². The minimum atomic E-state index is -0.778. The molecule has 0 aromatic heterocycles. The summed E-state index contributed by atoms with van der Waals surface area (Å²) in [7, 11) is 0. The standard InChI is InChI=1S/C22H32O4/c1-21-10-7-15(23)13-14(21)3-4-16-17-5-6-19(26-12-9-20(24)25)22(17,2)11-8-18(16)21/h13,16-19H,3-12H2,1-2H3,(H,24,25)/t16-,17-,18-,19-,21-,22-/m0/s1. The predicted molar refractivity (Wildman–Crippen MR) is 98.7 cm³/mol. The number of allylic oxidation sites excluding steroid dienone is 1. The molecule has 0 bridgehead atoms. The molecule has 0 unspecified atom stereocenters. The first-order valence-corrected chi connectivity index (χ1v) is 10.4. The molecule has 4 nitrogen and oxygen atoms in total. The molecular weight excluding hydrogens is 328 g/mol.